The molecule has 0 spiro atoms. The second kappa shape index (κ2) is 9.71. The van der Waals surface area contributed by atoms with E-state index in [2.05, 4.69) is 27.8 Å². The third-order valence-corrected chi connectivity index (χ3v) is 4.40. The lowest BCUT2D eigenvalue weighted by Gasteiger charge is -2.23. The lowest BCUT2D eigenvalue weighted by molar-refractivity contribution is -0.127. The SMILES string of the molecule is CCCCC[C@H](N)c1nnc([C@H](CO)NC(=O)C2CCNCC2)o1. The minimum absolute atomic E-state index is 0.0426. The van der Waals surface area contributed by atoms with Crippen LogP contribution in [-0.2, 0) is 4.79 Å². The van der Waals surface area contributed by atoms with Gasteiger partial charge in [0.1, 0.15) is 6.04 Å². The summed E-state index contributed by atoms with van der Waals surface area (Å²) < 4.78 is 5.58. The van der Waals surface area contributed by atoms with Crippen molar-refractivity contribution in [1.29, 1.82) is 0 Å². The summed E-state index contributed by atoms with van der Waals surface area (Å²) >= 11 is 0. The number of piperidine rings is 1. The number of aromatic nitrogens is 2. The lowest BCUT2D eigenvalue weighted by atomic mass is 9.97. The van der Waals surface area contributed by atoms with Gasteiger partial charge in [-0.1, -0.05) is 26.2 Å². The van der Waals surface area contributed by atoms with Crippen LogP contribution in [0.25, 0.3) is 0 Å². The van der Waals surface area contributed by atoms with Crippen molar-refractivity contribution in [2.75, 3.05) is 19.7 Å². The largest absolute Gasteiger partial charge is 0.421 e. The predicted molar refractivity (Wildman–Crippen MR) is 88.9 cm³/mol. The molecule has 136 valence electrons. The maximum absolute atomic E-state index is 12.3. The lowest BCUT2D eigenvalue weighted by Crippen LogP contribution is -2.40. The summed E-state index contributed by atoms with van der Waals surface area (Å²) in [7, 11) is 0. The summed E-state index contributed by atoms with van der Waals surface area (Å²) in [4.78, 5) is 12.3. The normalized spacial score (nSPS) is 18.3. The molecule has 1 aromatic heterocycles. The highest BCUT2D eigenvalue weighted by molar-refractivity contribution is 5.79. The van der Waals surface area contributed by atoms with Crippen LogP contribution in [0.1, 0.15) is 69.3 Å². The maximum atomic E-state index is 12.3. The van der Waals surface area contributed by atoms with Crippen molar-refractivity contribution >= 4 is 5.91 Å². The minimum Gasteiger partial charge on any atom is -0.421 e. The van der Waals surface area contributed by atoms with Crippen molar-refractivity contribution in [2.45, 2.75) is 57.5 Å². The quantitative estimate of drug-likeness (QED) is 0.490. The maximum Gasteiger partial charge on any atom is 0.241 e. The fourth-order valence-corrected chi connectivity index (χ4v) is 2.83. The molecular weight excluding hydrogens is 310 g/mol. The first-order valence-corrected chi connectivity index (χ1v) is 8.86. The van der Waals surface area contributed by atoms with Gasteiger partial charge in [-0.2, -0.15) is 0 Å². The standard InChI is InChI=1S/C16H29N5O3/c1-2-3-4-5-12(17)15-20-21-16(24-15)13(10-22)19-14(23)11-6-8-18-9-7-11/h11-13,18,22H,2-10,17H2,1H3,(H,19,23)/t12-,13-/m0/s1. The van der Waals surface area contributed by atoms with Crippen LogP contribution in [0.4, 0.5) is 0 Å². The molecule has 1 amide bonds. The summed E-state index contributed by atoms with van der Waals surface area (Å²) in [5.74, 6) is 0.443. The van der Waals surface area contributed by atoms with Crippen molar-refractivity contribution in [2.24, 2.45) is 11.7 Å². The van der Waals surface area contributed by atoms with E-state index in [1.54, 1.807) is 0 Å². The number of nitrogens with two attached hydrogens (primary N) is 1. The molecule has 1 aliphatic heterocycles. The number of rotatable bonds is 9. The predicted octanol–water partition coefficient (Wildman–Crippen LogP) is 0.799. The first kappa shape index (κ1) is 18.8. The van der Waals surface area contributed by atoms with Gasteiger partial charge >= 0.3 is 0 Å². The van der Waals surface area contributed by atoms with Gasteiger partial charge in [-0.3, -0.25) is 4.79 Å². The molecule has 1 saturated heterocycles. The number of carbonyl (C=O) groups is 1. The van der Waals surface area contributed by atoms with Crippen LogP contribution in [0.3, 0.4) is 0 Å². The zero-order valence-corrected chi connectivity index (χ0v) is 14.3. The number of hydrogen-bond acceptors (Lipinski definition) is 7. The van der Waals surface area contributed by atoms with Crippen molar-refractivity contribution in [1.82, 2.24) is 20.8 Å². The molecule has 2 heterocycles. The van der Waals surface area contributed by atoms with Gasteiger partial charge in [0.25, 0.3) is 0 Å². The summed E-state index contributed by atoms with van der Waals surface area (Å²) in [5.41, 5.74) is 6.06. The molecule has 0 saturated carbocycles. The Hall–Kier alpha value is -1.51. The van der Waals surface area contributed by atoms with Crippen LogP contribution < -0.4 is 16.4 Å². The summed E-state index contributed by atoms with van der Waals surface area (Å²) in [6.07, 6.45) is 5.60. The molecule has 8 nitrogen and oxygen atoms in total. The molecule has 2 atom stereocenters. The van der Waals surface area contributed by atoms with Gasteiger partial charge in [-0.15, -0.1) is 10.2 Å². The van der Waals surface area contributed by atoms with E-state index in [-0.39, 0.29) is 30.4 Å². The highest BCUT2D eigenvalue weighted by Gasteiger charge is 2.27. The van der Waals surface area contributed by atoms with Gasteiger partial charge in [0.2, 0.25) is 17.7 Å². The smallest absolute Gasteiger partial charge is 0.241 e. The second-order valence-electron chi connectivity index (χ2n) is 6.35. The molecular formula is C16H29N5O3. The molecule has 1 aromatic rings. The Kier molecular flexibility index (Phi) is 7.61. The Morgan fingerprint density at radius 1 is 1.38 bits per heavy atom. The molecule has 0 radical (unpaired) electrons. The van der Waals surface area contributed by atoms with E-state index in [9.17, 15) is 9.90 Å². The molecule has 1 aliphatic rings. The Bertz CT molecular complexity index is 502. The molecule has 2 rings (SSSR count). The Morgan fingerprint density at radius 3 is 2.75 bits per heavy atom. The van der Waals surface area contributed by atoms with Gasteiger partial charge in [0.15, 0.2) is 0 Å². The van der Waals surface area contributed by atoms with E-state index < -0.39 is 6.04 Å². The minimum atomic E-state index is -0.684. The Balaban J connectivity index is 1.91. The number of nitrogens with one attached hydrogen (secondary N) is 2. The molecule has 0 aliphatic carbocycles. The van der Waals surface area contributed by atoms with E-state index in [0.717, 1.165) is 51.6 Å². The highest BCUT2D eigenvalue weighted by Crippen LogP contribution is 2.20. The second-order valence-corrected chi connectivity index (χ2v) is 6.35. The number of nitrogens with zero attached hydrogens (tertiary/aromatic N) is 2. The van der Waals surface area contributed by atoms with Crippen molar-refractivity contribution in [3.63, 3.8) is 0 Å². The zero-order valence-electron chi connectivity index (χ0n) is 14.3. The first-order valence-electron chi connectivity index (χ1n) is 8.86. The third-order valence-electron chi connectivity index (χ3n) is 4.40. The van der Waals surface area contributed by atoms with Gasteiger partial charge < -0.3 is 25.9 Å². The Labute approximate surface area is 142 Å². The Morgan fingerprint density at radius 2 is 2.08 bits per heavy atom. The third kappa shape index (κ3) is 5.25. The molecule has 24 heavy (non-hydrogen) atoms. The van der Waals surface area contributed by atoms with E-state index in [1.807, 2.05) is 0 Å². The monoisotopic (exact) mass is 339 g/mol. The van der Waals surface area contributed by atoms with Crippen molar-refractivity contribution in [3.8, 4) is 0 Å². The van der Waals surface area contributed by atoms with E-state index in [1.165, 1.54) is 0 Å². The van der Waals surface area contributed by atoms with Crippen LogP contribution in [0, 0.1) is 5.92 Å². The van der Waals surface area contributed by atoms with Crippen LogP contribution in [-0.4, -0.2) is 40.9 Å². The van der Waals surface area contributed by atoms with Gasteiger partial charge in [-0.05, 0) is 32.4 Å². The summed E-state index contributed by atoms with van der Waals surface area (Å²) in [6.45, 7) is 3.51. The van der Waals surface area contributed by atoms with Crippen LogP contribution >= 0.6 is 0 Å². The fourth-order valence-electron chi connectivity index (χ4n) is 2.83. The van der Waals surface area contributed by atoms with E-state index in [4.69, 9.17) is 10.2 Å². The molecule has 5 N–H and O–H groups in total. The van der Waals surface area contributed by atoms with Crippen molar-refractivity contribution in [3.05, 3.63) is 11.8 Å². The molecule has 1 fully saturated rings. The zero-order chi connectivity index (χ0) is 17.4. The van der Waals surface area contributed by atoms with Gasteiger partial charge in [0, 0.05) is 5.92 Å². The number of hydrogen-bond donors (Lipinski definition) is 4. The molecule has 8 heteroatoms. The topological polar surface area (TPSA) is 126 Å². The van der Waals surface area contributed by atoms with Crippen LogP contribution in [0.5, 0.6) is 0 Å². The number of amides is 1. The molecule has 0 aromatic carbocycles. The van der Waals surface area contributed by atoms with Crippen LogP contribution in [0.15, 0.2) is 4.42 Å². The first-order chi connectivity index (χ1) is 11.7. The van der Waals surface area contributed by atoms with Crippen LogP contribution in [0.2, 0.25) is 0 Å². The fraction of sp³-hybridized carbons (Fsp3) is 0.812. The van der Waals surface area contributed by atoms with E-state index in [0.29, 0.717) is 5.89 Å². The average Bonchev–Trinajstić information content (AvgIpc) is 3.10. The number of aliphatic hydroxyl groups excluding tert-OH is 1. The number of carbonyl (C=O) groups excluding carboxylic acids is 1. The summed E-state index contributed by atoms with van der Waals surface area (Å²) in [5, 5.41) is 23.5. The highest BCUT2D eigenvalue weighted by atomic mass is 16.4. The summed E-state index contributed by atoms with van der Waals surface area (Å²) in [6, 6.07) is -0.992. The molecule has 0 bridgehead atoms. The number of unbranched alkanes of at least 4 members (excludes halogenated alkanes) is 2. The van der Waals surface area contributed by atoms with E-state index >= 15 is 0 Å². The average molecular weight is 339 g/mol. The number of aliphatic hydroxyl groups is 1. The van der Waals surface area contributed by atoms with Crippen molar-refractivity contribution < 1.29 is 14.3 Å². The van der Waals surface area contributed by atoms with Gasteiger partial charge in [-0.25, -0.2) is 0 Å². The molecule has 0 unspecified atom stereocenters. The van der Waals surface area contributed by atoms with Gasteiger partial charge in [0.05, 0.1) is 12.6 Å².